The average molecular weight is 433 g/mol. The van der Waals surface area contributed by atoms with Crippen LogP contribution in [0.25, 0.3) is 0 Å². The number of carbonyl (C=O) groups is 3. The highest BCUT2D eigenvalue weighted by Gasteiger charge is 2.22. The van der Waals surface area contributed by atoms with E-state index in [4.69, 9.17) is 0 Å². The molecule has 0 unspecified atom stereocenters. The smallest absolute Gasteiger partial charge is 0.273 e. The Labute approximate surface area is 187 Å². The van der Waals surface area contributed by atoms with Crippen LogP contribution in [0.1, 0.15) is 63.1 Å². The maximum Gasteiger partial charge on any atom is 0.273 e. The van der Waals surface area contributed by atoms with Gasteiger partial charge in [0.05, 0.1) is 11.3 Å². The molecule has 0 aliphatic rings. The monoisotopic (exact) mass is 432 g/mol. The number of amides is 2. The molecule has 2 amide bonds. The maximum atomic E-state index is 13.1. The van der Waals surface area contributed by atoms with Gasteiger partial charge >= 0.3 is 0 Å². The molecule has 7 nitrogen and oxygen atoms in total. The number of nitrogens with one attached hydrogen (secondary N) is 2. The molecule has 0 saturated carbocycles. The highest BCUT2D eigenvalue weighted by molar-refractivity contribution is 6.18. The molecular formula is C25H28N4O3. The Hall–Kier alpha value is -3.74. The van der Waals surface area contributed by atoms with E-state index in [2.05, 4.69) is 15.7 Å². The van der Waals surface area contributed by atoms with Crippen LogP contribution in [0.15, 0.2) is 54.7 Å². The van der Waals surface area contributed by atoms with Crippen LogP contribution in [-0.4, -0.2) is 33.9 Å². The van der Waals surface area contributed by atoms with Crippen LogP contribution in [0.4, 0.5) is 5.69 Å². The van der Waals surface area contributed by atoms with Crippen molar-refractivity contribution in [3.8, 4) is 0 Å². The molecule has 0 bridgehead atoms. The first-order valence-electron chi connectivity index (χ1n) is 10.7. The second kappa shape index (κ2) is 10.0. The lowest BCUT2D eigenvalue weighted by Gasteiger charge is -2.10. The van der Waals surface area contributed by atoms with Gasteiger partial charge in [0, 0.05) is 30.4 Å². The zero-order valence-electron chi connectivity index (χ0n) is 18.8. The van der Waals surface area contributed by atoms with Crippen LogP contribution >= 0.6 is 0 Å². The standard InChI is InChI=1S/C25H28N4O3/c1-5-29-15-21(22(28-29)25(32)26-14-16(2)3)27-24(31)20-9-7-6-8-19(20)23(30)18-12-10-17(4)11-13-18/h6-13,15-16H,5,14H2,1-4H3,(H,26,32)(H,27,31). The Morgan fingerprint density at radius 2 is 1.62 bits per heavy atom. The van der Waals surface area contributed by atoms with Crippen molar-refractivity contribution in [1.29, 1.82) is 0 Å². The van der Waals surface area contributed by atoms with Gasteiger partial charge in [-0.1, -0.05) is 61.9 Å². The van der Waals surface area contributed by atoms with Gasteiger partial charge in [-0.05, 0) is 25.8 Å². The molecule has 3 rings (SSSR count). The molecule has 0 atom stereocenters. The second-order valence-electron chi connectivity index (χ2n) is 8.05. The van der Waals surface area contributed by atoms with Gasteiger partial charge in [-0.2, -0.15) is 5.10 Å². The number of rotatable bonds is 8. The molecule has 1 aromatic heterocycles. The Morgan fingerprint density at radius 1 is 0.969 bits per heavy atom. The van der Waals surface area contributed by atoms with E-state index in [1.165, 1.54) is 0 Å². The summed E-state index contributed by atoms with van der Waals surface area (Å²) in [5.41, 5.74) is 2.52. The highest BCUT2D eigenvalue weighted by Crippen LogP contribution is 2.19. The van der Waals surface area contributed by atoms with Gasteiger partial charge in [-0.25, -0.2) is 0 Å². The minimum Gasteiger partial charge on any atom is -0.350 e. The molecule has 2 N–H and O–H groups in total. The fraction of sp³-hybridized carbons (Fsp3) is 0.280. The summed E-state index contributed by atoms with van der Waals surface area (Å²) >= 11 is 0. The third-order valence-electron chi connectivity index (χ3n) is 4.95. The van der Waals surface area contributed by atoms with Crippen LogP contribution in [-0.2, 0) is 6.54 Å². The normalized spacial score (nSPS) is 10.8. The van der Waals surface area contributed by atoms with E-state index in [1.807, 2.05) is 39.8 Å². The summed E-state index contributed by atoms with van der Waals surface area (Å²) in [7, 11) is 0. The molecule has 32 heavy (non-hydrogen) atoms. The molecule has 0 fully saturated rings. The molecule has 1 heterocycles. The molecule has 2 aromatic carbocycles. The number of aromatic nitrogens is 2. The van der Waals surface area contributed by atoms with E-state index < -0.39 is 5.91 Å². The Morgan fingerprint density at radius 3 is 2.25 bits per heavy atom. The lowest BCUT2D eigenvalue weighted by Crippen LogP contribution is -2.29. The van der Waals surface area contributed by atoms with Crippen molar-refractivity contribution in [3.05, 3.63) is 82.7 Å². The largest absolute Gasteiger partial charge is 0.350 e. The zero-order valence-corrected chi connectivity index (χ0v) is 18.8. The summed E-state index contributed by atoms with van der Waals surface area (Å²) in [6.07, 6.45) is 1.62. The number of hydrogen-bond acceptors (Lipinski definition) is 4. The molecule has 7 heteroatoms. The maximum absolute atomic E-state index is 13.1. The third-order valence-corrected chi connectivity index (χ3v) is 4.95. The third kappa shape index (κ3) is 5.29. The lowest BCUT2D eigenvalue weighted by molar-refractivity contribution is 0.0943. The minimum atomic E-state index is -0.477. The Bertz CT molecular complexity index is 1130. The van der Waals surface area contributed by atoms with Crippen molar-refractivity contribution in [3.63, 3.8) is 0 Å². The molecular weight excluding hydrogens is 404 g/mol. The van der Waals surface area contributed by atoms with Gasteiger partial charge < -0.3 is 10.6 Å². The van der Waals surface area contributed by atoms with Gasteiger partial charge in [0.1, 0.15) is 0 Å². The van der Waals surface area contributed by atoms with Crippen LogP contribution in [0.3, 0.4) is 0 Å². The number of benzene rings is 2. The van der Waals surface area contributed by atoms with Gasteiger partial charge in [0.2, 0.25) is 0 Å². The van der Waals surface area contributed by atoms with Crippen LogP contribution in [0.5, 0.6) is 0 Å². The summed E-state index contributed by atoms with van der Waals surface area (Å²) in [6, 6.07) is 13.9. The minimum absolute atomic E-state index is 0.142. The van der Waals surface area contributed by atoms with E-state index in [-0.39, 0.29) is 28.9 Å². The van der Waals surface area contributed by atoms with Crippen LogP contribution in [0, 0.1) is 12.8 Å². The summed E-state index contributed by atoms with van der Waals surface area (Å²) in [6.45, 7) is 8.87. The number of aryl methyl sites for hydroxylation is 2. The van der Waals surface area contributed by atoms with E-state index in [9.17, 15) is 14.4 Å². The fourth-order valence-corrected chi connectivity index (χ4v) is 3.15. The summed E-state index contributed by atoms with van der Waals surface area (Å²) < 4.78 is 1.59. The SMILES string of the molecule is CCn1cc(NC(=O)c2ccccc2C(=O)c2ccc(C)cc2)c(C(=O)NCC(C)C)n1. The molecule has 0 aliphatic heterocycles. The number of ketones is 1. The molecule has 0 radical (unpaired) electrons. The van der Waals surface area contributed by atoms with Gasteiger partial charge in [-0.15, -0.1) is 0 Å². The Balaban J connectivity index is 1.88. The molecule has 166 valence electrons. The molecule has 3 aromatic rings. The molecule has 0 spiro atoms. The zero-order chi connectivity index (χ0) is 23.3. The van der Waals surface area contributed by atoms with Crippen LogP contribution in [0.2, 0.25) is 0 Å². The van der Waals surface area contributed by atoms with E-state index in [0.29, 0.717) is 29.9 Å². The number of anilines is 1. The van der Waals surface area contributed by atoms with Gasteiger partial charge in [0.25, 0.3) is 11.8 Å². The van der Waals surface area contributed by atoms with Crippen molar-refractivity contribution in [2.24, 2.45) is 5.92 Å². The first-order chi connectivity index (χ1) is 15.3. The summed E-state index contributed by atoms with van der Waals surface area (Å²) in [5, 5.41) is 9.88. The van der Waals surface area contributed by atoms with Gasteiger partial charge in [-0.3, -0.25) is 19.1 Å². The predicted octanol–water partition coefficient (Wildman–Crippen LogP) is 4.08. The second-order valence-corrected chi connectivity index (χ2v) is 8.05. The quantitative estimate of drug-likeness (QED) is 0.525. The van der Waals surface area contributed by atoms with Crippen molar-refractivity contribution >= 4 is 23.3 Å². The van der Waals surface area contributed by atoms with Gasteiger partial charge in [0.15, 0.2) is 11.5 Å². The average Bonchev–Trinajstić information content (AvgIpc) is 3.20. The van der Waals surface area contributed by atoms with Crippen molar-refractivity contribution < 1.29 is 14.4 Å². The van der Waals surface area contributed by atoms with E-state index in [0.717, 1.165) is 5.56 Å². The molecule has 0 saturated heterocycles. The summed E-state index contributed by atoms with van der Waals surface area (Å²) in [5.74, 6) is -0.792. The summed E-state index contributed by atoms with van der Waals surface area (Å²) in [4.78, 5) is 38.8. The predicted molar refractivity (Wildman–Crippen MR) is 124 cm³/mol. The van der Waals surface area contributed by atoms with Crippen molar-refractivity contribution in [1.82, 2.24) is 15.1 Å². The highest BCUT2D eigenvalue weighted by atomic mass is 16.2. The van der Waals surface area contributed by atoms with Crippen molar-refractivity contribution in [2.75, 3.05) is 11.9 Å². The topological polar surface area (TPSA) is 93.1 Å². The first-order valence-corrected chi connectivity index (χ1v) is 10.7. The number of carbonyl (C=O) groups excluding carboxylic acids is 3. The fourth-order valence-electron chi connectivity index (χ4n) is 3.15. The molecule has 0 aliphatic carbocycles. The number of nitrogens with zero attached hydrogens (tertiary/aromatic N) is 2. The van der Waals surface area contributed by atoms with E-state index >= 15 is 0 Å². The first kappa shape index (κ1) is 22.9. The Kier molecular flexibility index (Phi) is 7.20. The van der Waals surface area contributed by atoms with Crippen molar-refractivity contribution in [2.45, 2.75) is 34.2 Å². The van der Waals surface area contributed by atoms with E-state index in [1.54, 1.807) is 47.3 Å². The lowest BCUT2D eigenvalue weighted by atomic mass is 9.97. The van der Waals surface area contributed by atoms with Crippen LogP contribution < -0.4 is 10.6 Å². The number of hydrogen-bond donors (Lipinski definition) is 2.